The smallest absolute Gasteiger partial charge is 0.325 e. The number of carboxylic acids is 1. The first-order chi connectivity index (χ1) is 7.88. The van der Waals surface area contributed by atoms with Gasteiger partial charge >= 0.3 is 5.97 Å². The predicted octanol–water partition coefficient (Wildman–Crippen LogP) is 0.168. The highest BCUT2D eigenvalue weighted by atomic mass is 32.2. The summed E-state index contributed by atoms with van der Waals surface area (Å²) >= 11 is 1.39. The molecule has 1 saturated heterocycles. The summed E-state index contributed by atoms with van der Waals surface area (Å²) in [6, 6.07) is 1.67. The quantitative estimate of drug-likeness (QED) is 0.742. The molecule has 1 heterocycles. The Bertz CT molecular complexity index is 434. The van der Waals surface area contributed by atoms with Gasteiger partial charge < -0.3 is 5.11 Å². The first kappa shape index (κ1) is 14.3. The third-order valence-electron chi connectivity index (χ3n) is 2.66. The second-order valence-corrected chi connectivity index (χ2v) is 6.83. The Balaban J connectivity index is 2.96. The van der Waals surface area contributed by atoms with Gasteiger partial charge in [0.25, 0.3) is 0 Å². The Labute approximate surface area is 104 Å². The molecule has 0 radical (unpaired) electrons. The molecule has 2 atom stereocenters. The average molecular weight is 278 g/mol. The Morgan fingerprint density at radius 1 is 1.71 bits per heavy atom. The molecule has 6 nitrogen and oxygen atoms in total. The van der Waals surface area contributed by atoms with Crippen molar-refractivity contribution in [2.24, 2.45) is 0 Å². The van der Waals surface area contributed by atoms with Gasteiger partial charge in [-0.25, -0.2) is 8.42 Å². The first-order valence-electron chi connectivity index (χ1n) is 5.11. The SMILES string of the molecule is CCC(C#N)S(=O)(=O)NC1(C(=O)O)CCSC1. The Hall–Kier alpha value is -0.780. The van der Waals surface area contributed by atoms with Crippen LogP contribution in [-0.2, 0) is 14.8 Å². The summed E-state index contributed by atoms with van der Waals surface area (Å²) in [5, 5.41) is 16.7. The summed E-state index contributed by atoms with van der Waals surface area (Å²) in [5.74, 6) is -0.388. The van der Waals surface area contributed by atoms with E-state index in [1.807, 2.05) is 0 Å². The van der Waals surface area contributed by atoms with Crippen molar-refractivity contribution in [2.45, 2.75) is 30.6 Å². The van der Waals surface area contributed by atoms with Crippen LogP contribution in [0, 0.1) is 11.3 Å². The van der Waals surface area contributed by atoms with Crippen molar-refractivity contribution in [3.8, 4) is 6.07 Å². The van der Waals surface area contributed by atoms with Crippen LogP contribution in [0.5, 0.6) is 0 Å². The second-order valence-electron chi connectivity index (χ2n) is 3.86. The Morgan fingerprint density at radius 3 is 2.71 bits per heavy atom. The van der Waals surface area contributed by atoms with Crippen LogP contribution in [0.3, 0.4) is 0 Å². The van der Waals surface area contributed by atoms with E-state index in [4.69, 9.17) is 10.4 Å². The van der Waals surface area contributed by atoms with Crippen molar-refractivity contribution in [1.29, 1.82) is 5.26 Å². The molecular weight excluding hydrogens is 264 g/mol. The van der Waals surface area contributed by atoms with Crippen molar-refractivity contribution in [3.05, 3.63) is 0 Å². The number of thioether (sulfide) groups is 1. The average Bonchev–Trinajstić information content (AvgIpc) is 2.68. The molecule has 0 aromatic rings. The Kier molecular flexibility index (Phi) is 4.41. The number of hydrogen-bond acceptors (Lipinski definition) is 5. The fourth-order valence-corrected chi connectivity index (χ4v) is 4.52. The van der Waals surface area contributed by atoms with Crippen LogP contribution in [0.2, 0.25) is 0 Å². The minimum Gasteiger partial charge on any atom is -0.480 e. The van der Waals surface area contributed by atoms with Crippen molar-refractivity contribution in [1.82, 2.24) is 4.72 Å². The summed E-state index contributed by atoms with van der Waals surface area (Å²) in [6.45, 7) is 1.57. The van der Waals surface area contributed by atoms with Gasteiger partial charge in [0.1, 0.15) is 5.54 Å². The zero-order valence-corrected chi connectivity index (χ0v) is 11.0. The van der Waals surface area contributed by atoms with E-state index in [-0.39, 0.29) is 18.6 Å². The number of carbonyl (C=O) groups is 1. The van der Waals surface area contributed by atoms with Gasteiger partial charge in [-0.15, -0.1) is 0 Å². The molecule has 1 aliphatic heterocycles. The lowest BCUT2D eigenvalue weighted by Gasteiger charge is -2.25. The molecule has 1 rings (SSSR count). The van der Waals surface area contributed by atoms with E-state index in [0.717, 1.165) is 0 Å². The van der Waals surface area contributed by atoms with Crippen LogP contribution in [0.15, 0.2) is 0 Å². The van der Waals surface area contributed by atoms with Crippen molar-refractivity contribution in [3.63, 3.8) is 0 Å². The van der Waals surface area contributed by atoms with Crippen LogP contribution < -0.4 is 4.72 Å². The highest BCUT2D eigenvalue weighted by molar-refractivity contribution is 7.99. The highest BCUT2D eigenvalue weighted by Crippen LogP contribution is 2.29. The number of sulfonamides is 1. The molecular formula is C9H14N2O4S2. The third-order valence-corrected chi connectivity index (χ3v) is 5.71. The lowest BCUT2D eigenvalue weighted by atomic mass is 10.0. The maximum atomic E-state index is 11.9. The molecule has 17 heavy (non-hydrogen) atoms. The summed E-state index contributed by atoms with van der Waals surface area (Å²) in [4.78, 5) is 11.2. The number of nitriles is 1. The number of rotatable bonds is 5. The molecule has 1 aliphatic rings. The van der Waals surface area contributed by atoms with Crippen molar-refractivity contribution in [2.75, 3.05) is 11.5 Å². The van der Waals surface area contributed by atoms with Gasteiger partial charge in [0.15, 0.2) is 5.25 Å². The summed E-state index contributed by atoms with van der Waals surface area (Å²) in [6.07, 6.45) is 0.378. The van der Waals surface area contributed by atoms with Crippen LogP contribution >= 0.6 is 11.8 Å². The molecule has 2 unspecified atom stereocenters. The molecule has 8 heteroatoms. The van der Waals surface area contributed by atoms with E-state index in [2.05, 4.69) is 4.72 Å². The van der Waals surface area contributed by atoms with Gasteiger partial charge in [-0.1, -0.05) is 6.92 Å². The van der Waals surface area contributed by atoms with Crippen molar-refractivity contribution >= 4 is 27.8 Å². The van der Waals surface area contributed by atoms with E-state index < -0.39 is 26.8 Å². The molecule has 0 aromatic heterocycles. The topological polar surface area (TPSA) is 107 Å². The van der Waals surface area contributed by atoms with Crippen LogP contribution in [0.4, 0.5) is 0 Å². The van der Waals surface area contributed by atoms with Gasteiger partial charge in [0.05, 0.1) is 6.07 Å². The van der Waals surface area contributed by atoms with Crippen molar-refractivity contribution < 1.29 is 18.3 Å². The molecule has 2 N–H and O–H groups in total. The van der Waals surface area contributed by atoms with Gasteiger partial charge in [0, 0.05) is 5.75 Å². The zero-order valence-electron chi connectivity index (χ0n) is 9.34. The van der Waals surface area contributed by atoms with E-state index in [9.17, 15) is 13.2 Å². The number of nitrogens with one attached hydrogen (secondary N) is 1. The number of hydrogen-bond donors (Lipinski definition) is 2. The molecule has 0 aromatic carbocycles. The second kappa shape index (κ2) is 5.25. The van der Waals surface area contributed by atoms with Gasteiger partial charge in [-0.05, 0) is 18.6 Å². The Morgan fingerprint density at radius 2 is 2.35 bits per heavy atom. The molecule has 0 saturated carbocycles. The van der Waals surface area contributed by atoms with Crippen LogP contribution in [0.25, 0.3) is 0 Å². The van der Waals surface area contributed by atoms with Gasteiger partial charge in [0.2, 0.25) is 10.0 Å². The minimum absolute atomic E-state index is 0.134. The van der Waals surface area contributed by atoms with E-state index >= 15 is 0 Å². The standard InChI is InChI=1S/C9H14N2O4S2/c1-2-7(5-10)17(14,15)11-9(8(12)13)3-4-16-6-9/h7,11H,2-4,6H2,1H3,(H,12,13). The fourth-order valence-electron chi connectivity index (χ4n) is 1.58. The highest BCUT2D eigenvalue weighted by Gasteiger charge is 2.46. The van der Waals surface area contributed by atoms with E-state index in [1.54, 1.807) is 13.0 Å². The molecule has 1 fully saturated rings. The summed E-state index contributed by atoms with van der Waals surface area (Å²) < 4.78 is 25.9. The third kappa shape index (κ3) is 2.91. The monoisotopic (exact) mass is 278 g/mol. The van der Waals surface area contributed by atoms with Crippen LogP contribution in [-0.4, -0.2) is 41.8 Å². The van der Waals surface area contributed by atoms with Crippen LogP contribution in [0.1, 0.15) is 19.8 Å². The van der Waals surface area contributed by atoms with E-state index in [1.165, 1.54) is 11.8 Å². The predicted molar refractivity (Wildman–Crippen MR) is 64.1 cm³/mol. The van der Waals surface area contributed by atoms with Gasteiger partial charge in [-0.2, -0.15) is 21.7 Å². The minimum atomic E-state index is -3.91. The zero-order chi connectivity index (χ0) is 13.1. The molecule has 0 bridgehead atoms. The molecule has 0 aliphatic carbocycles. The molecule has 0 amide bonds. The maximum absolute atomic E-state index is 11.9. The first-order valence-corrected chi connectivity index (χ1v) is 7.81. The summed E-state index contributed by atoms with van der Waals surface area (Å²) in [5.41, 5.74) is -1.45. The lowest BCUT2D eigenvalue weighted by molar-refractivity contribution is -0.142. The van der Waals surface area contributed by atoms with E-state index in [0.29, 0.717) is 5.75 Å². The van der Waals surface area contributed by atoms with Gasteiger partial charge in [-0.3, -0.25) is 4.79 Å². The number of aliphatic carboxylic acids is 1. The normalized spacial score (nSPS) is 26.4. The molecule has 96 valence electrons. The number of carboxylic acid groups (broad SMARTS) is 1. The molecule has 0 spiro atoms. The summed E-state index contributed by atoms with van der Waals surface area (Å²) in [7, 11) is -3.91. The number of nitrogens with zero attached hydrogens (tertiary/aromatic N) is 1. The largest absolute Gasteiger partial charge is 0.480 e. The lowest BCUT2D eigenvalue weighted by Crippen LogP contribution is -2.56. The fraction of sp³-hybridized carbons (Fsp3) is 0.778. The maximum Gasteiger partial charge on any atom is 0.325 e.